The highest BCUT2D eigenvalue weighted by molar-refractivity contribution is 6.22. The smallest absolute Gasteiger partial charge is 0.238 e. The van der Waals surface area contributed by atoms with E-state index in [9.17, 15) is 0 Å². The molecule has 0 saturated carbocycles. The van der Waals surface area contributed by atoms with E-state index in [0.717, 1.165) is 82.5 Å². The van der Waals surface area contributed by atoms with Crippen LogP contribution in [0.5, 0.6) is 0 Å². The highest BCUT2D eigenvalue weighted by Crippen LogP contribution is 2.41. The summed E-state index contributed by atoms with van der Waals surface area (Å²) in [5, 5.41) is 11.5. The van der Waals surface area contributed by atoms with E-state index in [1.54, 1.807) is 0 Å². The Balaban J connectivity index is 0.987. The summed E-state index contributed by atoms with van der Waals surface area (Å²) in [6, 6.07) is 75.1. The predicted octanol–water partition coefficient (Wildman–Crippen LogP) is 15.3. The molecule has 0 radical (unpaired) electrons. The molecular weight excluding hydrogens is 795 g/mol. The first-order valence-corrected chi connectivity index (χ1v) is 21.9. The minimum atomic E-state index is 0.559. The number of para-hydroxylation sites is 3. The Labute approximate surface area is 371 Å². The minimum Gasteiger partial charge on any atom is -0.456 e. The zero-order valence-corrected chi connectivity index (χ0v) is 34.9. The van der Waals surface area contributed by atoms with E-state index in [4.69, 9.17) is 19.4 Å². The van der Waals surface area contributed by atoms with Crippen molar-refractivity contribution in [3.8, 4) is 45.5 Å². The summed E-state index contributed by atoms with van der Waals surface area (Å²) in [6.07, 6.45) is 0. The van der Waals surface area contributed by atoms with Crippen LogP contribution >= 0.6 is 0 Å². The lowest BCUT2D eigenvalue weighted by Gasteiger charge is -2.12. The Hall–Kier alpha value is -8.87. The number of furan rings is 1. The first-order valence-electron chi connectivity index (χ1n) is 21.9. The molecular formula is C59H35N5O. The Kier molecular flexibility index (Phi) is 7.59. The maximum Gasteiger partial charge on any atom is 0.238 e. The molecule has 0 fully saturated rings. The van der Waals surface area contributed by atoms with E-state index in [-0.39, 0.29) is 0 Å². The largest absolute Gasteiger partial charge is 0.456 e. The van der Waals surface area contributed by atoms with Crippen molar-refractivity contribution < 1.29 is 4.42 Å². The van der Waals surface area contributed by atoms with Crippen molar-refractivity contribution in [1.82, 2.24) is 24.1 Å². The maximum absolute atomic E-state index is 6.24. The zero-order valence-electron chi connectivity index (χ0n) is 34.9. The second-order valence-corrected chi connectivity index (χ2v) is 16.8. The van der Waals surface area contributed by atoms with Gasteiger partial charge in [0.2, 0.25) is 5.95 Å². The van der Waals surface area contributed by atoms with Crippen molar-refractivity contribution >= 4 is 87.1 Å². The third kappa shape index (κ3) is 5.44. The average Bonchev–Trinajstić information content (AvgIpc) is 4.04. The van der Waals surface area contributed by atoms with Gasteiger partial charge in [0.25, 0.3) is 0 Å². The first kappa shape index (κ1) is 35.7. The lowest BCUT2D eigenvalue weighted by molar-refractivity contribution is 0.669. The molecule has 6 nitrogen and oxygen atoms in total. The van der Waals surface area contributed by atoms with E-state index >= 15 is 0 Å². The number of nitrogens with zero attached hydrogens (tertiary/aromatic N) is 5. The van der Waals surface area contributed by atoms with Gasteiger partial charge in [0.05, 0.1) is 22.1 Å². The number of benzene rings is 10. The summed E-state index contributed by atoms with van der Waals surface area (Å²) in [5.41, 5.74) is 11.4. The molecule has 0 amide bonds. The van der Waals surface area contributed by atoms with Crippen LogP contribution in [0, 0.1) is 0 Å². The minimum absolute atomic E-state index is 0.559. The van der Waals surface area contributed by atoms with Crippen molar-refractivity contribution in [3.05, 3.63) is 212 Å². The molecule has 0 unspecified atom stereocenters. The molecule has 14 aromatic rings. The van der Waals surface area contributed by atoms with Gasteiger partial charge in [-0.2, -0.15) is 9.97 Å². The Morgan fingerprint density at radius 3 is 1.74 bits per heavy atom. The van der Waals surface area contributed by atoms with Crippen LogP contribution in [0.25, 0.3) is 133 Å². The summed E-state index contributed by atoms with van der Waals surface area (Å²) in [6.45, 7) is 0. The molecule has 6 heteroatoms. The number of hydrogen-bond acceptors (Lipinski definition) is 4. The standard InChI is InChI=1S/C59H35N5O/c1-3-14-37(15-4-1)57-60-58(41-23-28-44-40(33-41)27-32-54-56(44)46-20-10-12-22-53(46)65-54)62-59(61-57)64-51-30-26-39(35-48(51)55-43-18-8-7-13-36(43)24-31-52(55)64)38-25-29-50-47(34-38)45-19-9-11-21-49(45)63(50)42-16-5-2-6-17-42/h1-35H. The highest BCUT2D eigenvalue weighted by Gasteiger charge is 2.21. The van der Waals surface area contributed by atoms with Gasteiger partial charge in [-0.15, -0.1) is 0 Å². The van der Waals surface area contributed by atoms with Crippen LogP contribution in [0.2, 0.25) is 0 Å². The molecule has 4 heterocycles. The summed E-state index contributed by atoms with van der Waals surface area (Å²) >= 11 is 0. The van der Waals surface area contributed by atoms with E-state index in [1.807, 2.05) is 30.3 Å². The average molecular weight is 830 g/mol. The lowest BCUT2D eigenvalue weighted by Crippen LogP contribution is -2.06. The van der Waals surface area contributed by atoms with Gasteiger partial charge in [-0.1, -0.05) is 146 Å². The first-order chi connectivity index (χ1) is 32.2. The third-order valence-electron chi connectivity index (χ3n) is 13.1. The summed E-state index contributed by atoms with van der Waals surface area (Å²) < 4.78 is 10.8. The van der Waals surface area contributed by atoms with E-state index in [1.165, 1.54) is 32.6 Å². The van der Waals surface area contributed by atoms with Crippen LogP contribution in [-0.4, -0.2) is 24.1 Å². The van der Waals surface area contributed by atoms with Crippen molar-refractivity contribution in [3.63, 3.8) is 0 Å². The van der Waals surface area contributed by atoms with Crippen molar-refractivity contribution in [1.29, 1.82) is 0 Å². The topological polar surface area (TPSA) is 61.7 Å². The van der Waals surface area contributed by atoms with E-state index in [0.29, 0.717) is 17.6 Å². The van der Waals surface area contributed by atoms with Gasteiger partial charge >= 0.3 is 0 Å². The van der Waals surface area contributed by atoms with E-state index in [2.05, 4.69) is 191 Å². The second-order valence-electron chi connectivity index (χ2n) is 16.8. The lowest BCUT2D eigenvalue weighted by atomic mass is 9.99. The van der Waals surface area contributed by atoms with Gasteiger partial charge < -0.3 is 8.98 Å². The van der Waals surface area contributed by atoms with Gasteiger partial charge in [-0.3, -0.25) is 4.57 Å². The molecule has 0 aliphatic heterocycles. The Morgan fingerprint density at radius 1 is 0.308 bits per heavy atom. The normalized spacial score (nSPS) is 12.0. The van der Waals surface area contributed by atoms with Gasteiger partial charge in [0.15, 0.2) is 11.6 Å². The highest BCUT2D eigenvalue weighted by atomic mass is 16.3. The van der Waals surface area contributed by atoms with Crippen LogP contribution < -0.4 is 0 Å². The molecule has 0 saturated heterocycles. The number of rotatable bonds is 5. The Morgan fingerprint density at radius 2 is 0.908 bits per heavy atom. The van der Waals surface area contributed by atoms with E-state index < -0.39 is 0 Å². The molecule has 0 bridgehead atoms. The molecule has 10 aromatic carbocycles. The summed E-state index contributed by atoms with van der Waals surface area (Å²) in [7, 11) is 0. The second kappa shape index (κ2) is 13.8. The molecule has 14 rings (SSSR count). The summed E-state index contributed by atoms with van der Waals surface area (Å²) in [4.78, 5) is 15.8. The van der Waals surface area contributed by atoms with Crippen molar-refractivity contribution in [2.75, 3.05) is 0 Å². The fraction of sp³-hybridized carbons (Fsp3) is 0. The van der Waals surface area contributed by atoms with Crippen LogP contribution in [0.1, 0.15) is 0 Å². The number of aromatic nitrogens is 5. The fourth-order valence-electron chi connectivity index (χ4n) is 10.2. The maximum atomic E-state index is 6.24. The van der Waals surface area contributed by atoms with Gasteiger partial charge in [0.1, 0.15) is 11.2 Å². The molecule has 4 aromatic heterocycles. The molecule has 0 atom stereocenters. The van der Waals surface area contributed by atoms with Crippen LogP contribution in [-0.2, 0) is 0 Å². The predicted molar refractivity (Wildman–Crippen MR) is 267 cm³/mol. The zero-order chi connectivity index (χ0) is 42.6. The third-order valence-corrected chi connectivity index (χ3v) is 13.1. The quantitative estimate of drug-likeness (QED) is 0.173. The molecule has 0 aliphatic carbocycles. The van der Waals surface area contributed by atoms with Crippen LogP contribution in [0.15, 0.2) is 217 Å². The fourth-order valence-corrected chi connectivity index (χ4v) is 10.2. The molecule has 0 spiro atoms. The van der Waals surface area contributed by atoms with Gasteiger partial charge in [-0.05, 0) is 99.4 Å². The number of fused-ring (bicyclic) bond motifs is 13. The van der Waals surface area contributed by atoms with Crippen LogP contribution in [0.3, 0.4) is 0 Å². The van der Waals surface area contributed by atoms with Crippen molar-refractivity contribution in [2.24, 2.45) is 0 Å². The van der Waals surface area contributed by atoms with Gasteiger partial charge in [0, 0.05) is 49.1 Å². The van der Waals surface area contributed by atoms with Gasteiger partial charge in [-0.25, -0.2) is 4.98 Å². The Bertz CT molecular complexity index is 4240. The summed E-state index contributed by atoms with van der Waals surface area (Å²) in [5.74, 6) is 1.77. The molecule has 0 aliphatic rings. The molecule has 302 valence electrons. The van der Waals surface area contributed by atoms with Crippen LogP contribution in [0.4, 0.5) is 0 Å². The molecule has 65 heavy (non-hydrogen) atoms. The monoisotopic (exact) mass is 829 g/mol. The number of hydrogen-bond donors (Lipinski definition) is 0. The molecule has 0 N–H and O–H groups in total. The van der Waals surface area contributed by atoms with Crippen molar-refractivity contribution in [2.45, 2.75) is 0 Å². The SMILES string of the molecule is c1ccc(-c2nc(-c3ccc4c(ccc5oc6ccccc6c54)c3)nc(-n3c4ccc(-c5ccc6c(c5)c5ccccc5n6-c5ccccc5)cc4c4c5ccccc5ccc43)n2)cc1.